The second kappa shape index (κ2) is 14.0. The zero-order valence-electron chi connectivity index (χ0n) is 30.0. The van der Waals surface area contributed by atoms with Crippen molar-refractivity contribution >= 4 is 32.9 Å². The summed E-state index contributed by atoms with van der Waals surface area (Å²) in [5.41, 5.74) is 1.61. The number of fused-ring (bicyclic) bond motifs is 6. The van der Waals surface area contributed by atoms with E-state index in [1.54, 1.807) is 48.5 Å². The van der Waals surface area contributed by atoms with Gasteiger partial charge < -0.3 is 42.1 Å². The zero-order chi connectivity index (χ0) is 39.4. The quantitative estimate of drug-likeness (QED) is 0.140. The van der Waals surface area contributed by atoms with Crippen LogP contribution in [0.2, 0.25) is 0 Å². The van der Waals surface area contributed by atoms with E-state index in [0.717, 1.165) is 5.56 Å². The van der Waals surface area contributed by atoms with Gasteiger partial charge in [0, 0.05) is 52.4 Å². The predicted octanol–water partition coefficient (Wildman–Crippen LogP) is 7.23. The van der Waals surface area contributed by atoms with Gasteiger partial charge in [0.1, 0.15) is 39.7 Å². The van der Waals surface area contributed by atoms with Crippen molar-refractivity contribution in [1.82, 2.24) is 0 Å². The molecule has 0 amide bonds. The van der Waals surface area contributed by atoms with E-state index >= 15 is 0 Å². The number of hydrogen-bond acceptors (Lipinski definition) is 13. The summed E-state index contributed by atoms with van der Waals surface area (Å²) in [4.78, 5) is 51.3. The molecule has 0 bridgehead atoms. The molecule has 0 radical (unpaired) electrons. The van der Waals surface area contributed by atoms with E-state index in [-0.39, 0.29) is 47.9 Å². The lowest BCUT2D eigenvalue weighted by Gasteiger charge is -2.28. The minimum atomic E-state index is -1.14. The number of phenolic OH excluding ortho intramolecular Hbond substituents is 2. The summed E-state index contributed by atoms with van der Waals surface area (Å²) in [6, 6.07) is 24.8. The Labute approximate surface area is 320 Å². The third-order valence-electron chi connectivity index (χ3n) is 9.73. The maximum Gasteiger partial charge on any atom is 0.339 e. The summed E-state index contributed by atoms with van der Waals surface area (Å²) in [6.07, 6.45) is -0.925. The third-order valence-corrected chi connectivity index (χ3v) is 9.73. The van der Waals surface area contributed by atoms with Gasteiger partial charge in [-0.05, 0) is 102 Å². The molecule has 0 saturated carbocycles. The lowest BCUT2D eigenvalue weighted by Crippen LogP contribution is -2.21. The van der Waals surface area contributed by atoms with Gasteiger partial charge in [-0.3, -0.25) is 0 Å². The highest BCUT2D eigenvalue weighted by Gasteiger charge is 2.31. The zero-order valence-corrected chi connectivity index (χ0v) is 30.0. The van der Waals surface area contributed by atoms with Gasteiger partial charge in [-0.25, -0.2) is 19.2 Å². The molecule has 57 heavy (non-hydrogen) atoms. The monoisotopic (exact) mass is 766 g/mol. The van der Waals surface area contributed by atoms with E-state index in [0.29, 0.717) is 73.2 Å². The molecule has 2 N–H and O–H groups in total. The molecule has 4 aromatic heterocycles. The Hall–Kier alpha value is -7.38. The molecule has 0 fully saturated rings. The van der Waals surface area contributed by atoms with Crippen LogP contribution in [0.3, 0.4) is 0 Å². The summed E-state index contributed by atoms with van der Waals surface area (Å²) in [5, 5.41) is 21.8. The van der Waals surface area contributed by atoms with Crippen molar-refractivity contribution < 1.29 is 42.1 Å². The van der Waals surface area contributed by atoms with Crippen LogP contribution in [-0.2, 0) is 24.2 Å². The Kier molecular flexibility index (Phi) is 8.70. The topological polar surface area (TPSA) is 189 Å². The number of benzene rings is 4. The first-order valence-corrected chi connectivity index (χ1v) is 17.9. The SMILES string of the molecule is CCOc1ccc2oc(=O)cc(COC3Oc4ccc(Cc5cc(=O)oc6ccc(O)cc56)cc4-c4oc(=O)c(Cc5cc(=O)oc6cc(O)ccc56)cc43)c2c1. The fourth-order valence-corrected chi connectivity index (χ4v) is 7.21. The lowest BCUT2D eigenvalue weighted by atomic mass is 9.95. The van der Waals surface area contributed by atoms with Crippen LogP contribution in [0, 0.1) is 0 Å². The van der Waals surface area contributed by atoms with Gasteiger partial charge in [0.2, 0.25) is 6.29 Å². The van der Waals surface area contributed by atoms with Crippen molar-refractivity contribution in [3.8, 4) is 34.3 Å². The fourth-order valence-electron chi connectivity index (χ4n) is 7.21. The summed E-state index contributed by atoms with van der Waals surface area (Å²) >= 11 is 0. The largest absolute Gasteiger partial charge is 0.508 e. The van der Waals surface area contributed by atoms with Gasteiger partial charge in [0.25, 0.3) is 0 Å². The van der Waals surface area contributed by atoms with E-state index in [9.17, 15) is 29.4 Å². The van der Waals surface area contributed by atoms with Gasteiger partial charge in [0.15, 0.2) is 5.76 Å². The Morgan fingerprint density at radius 2 is 1.26 bits per heavy atom. The maximum atomic E-state index is 13.8. The molecule has 13 nitrogen and oxygen atoms in total. The molecule has 0 saturated heterocycles. The van der Waals surface area contributed by atoms with E-state index in [4.69, 9.17) is 31.9 Å². The molecule has 0 aliphatic carbocycles. The van der Waals surface area contributed by atoms with Gasteiger partial charge >= 0.3 is 22.5 Å². The molecule has 5 heterocycles. The van der Waals surface area contributed by atoms with Crippen LogP contribution in [0.25, 0.3) is 44.2 Å². The molecule has 13 heteroatoms. The highest BCUT2D eigenvalue weighted by Crippen LogP contribution is 2.44. The summed E-state index contributed by atoms with van der Waals surface area (Å²) < 4.78 is 40.6. The highest BCUT2D eigenvalue weighted by molar-refractivity contribution is 5.84. The standard InChI is InChI=1S/C44H30O13/c1-2-51-29-6-10-36-32(20-29)26(17-41(49)54-36)21-52-44-34-14-25(13-24-16-40(48)55-38-19-28(46)4-7-30(24)38)43(50)57-42(34)33-12-22(3-8-37(33)56-44)11-23-15-39(47)53-35-9-5-27(45)18-31(23)35/h3-10,12,14-20,44-46H,2,11,13,21H2,1H3. The molecule has 8 aromatic rings. The van der Waals surface area contributed by atoms with E-state index in [1.165, 1.54) is 48.5 Å². The minimum Gasteiger partial charge on any atom is -0.508 e. The second-order valence-corrected chi connectivity index (χ2v) is 13.5. The van der Waals surface area contributed by atoms with E-state index in [1.807, 2.05) is 6.92 Å². The van der Waals surface area contributed by atoms with Crippen molar-refractivity contribution in [2.75, 3.05) is 6.61 Å². The average Bonchev–Trinajstić information content (AvgIpc) is 3.17. The Morgan fingerprint density at radius 1 is 0.596 bits per heavy atom. The normalized spacial score (nSPS) is 13.4. The molecule has 9 rings (SSSR count). The van der Waals surface area contributed by atoms with Crippen LogP contribution in [0.4, 0.5) is 0 Å². The Balaban J connectivity index is 1.13. The van der Waals surface area contributed by atoms with Crippen LogP contribution in [0.15, 0.2) is 134 Å². The molecular formula is C44H30O13. The fraction of sp³-hybridized carbons (Fsp3) is 0.136. The van der Waals surface area contributed by atoms with E-state index < -0.39 is 28.8 Å². The molecule has 284 valence electrons. The second-order valence-electron chi connectivity index (χ2n) is 13.5. The summed E-state index contributed by atoms with van der Waals surface area (Å²) in [6.45, 7) is 2.18. The van der Waals surface area contributed by atoms with Crippen LogP contribution >= 0.6 is 0 Å². The summed E-state index contributed by atoms with van der Waals surface area (Å²) in [7, 11) is 0. The number of hydrogen-bond donors (Lipinski definition) is 2. The molecular weight excluding hydrogens is 736 g/mol. The smallest absolute Gasteiger partial charge is 0.339 e. The maximum absolute atomic E-state index is 13.8. The van der Waals surface area contributed by atoms with Crippen molar-refractivity contribution in [1.29, 1.82) is 0 Å². The Morgan fingerprint density at radius 3 is 2.04 bits per heavy atom. The van der Waals surface area contributed by atoms with Crippen molar-refractivity contribution in [3.05, 3.63) is 172 Å². The Bertz CT molecular complexity index is 3150. The van der Waals surface area contributed by atoms with Gasteiger partial charge in [-0.2, -0.15) is 0 Å². The summed E-state index contributed by atoms with van der Waals surface area (Å²) in [5.74, 6) is 1.01. The first kappa shape index (κ1) is 35.3. The molecule has 1 aliphatic rings. The first-order valence-electron chi connectivity index (χ1n) is 17.9. The van der Waals surface area contributed by atoms with Crippen LogP contribution in [0.5, 0.6) is 23.0 Å². The van der Waals surface area contributed by atoms with Crippen LogP contribution < -0.4 is 32.0 Å². The number of ether oxygens (including phenoxy) is 3. The van der Waals surface area contributed by atoms with Crippen molar-refractivity contribution in [3.63, 3.8) is 0 Å². The van der Waals surface area contributed by atoms with Gasteiger partial charge in [0.05, 0.1) is 24.3 Å². The number of rotatable bonds is 9. The van der Waals surface area contributed by atoms with Crippen LogP contribution in [-0.4, -0.2) is 16.8 Å². The third kappa shape index (κ3) is 6.80. The molecule has 1 aliphatic heterocycles. The predicted molar refractivity (Wildman–Crippen MR) is 206 cm³/mol. The molecule has 1 unspecified atom stereocenters. The van der Waals surface area contributed by atoms with Crippen molar-refractivity contribution in [2.45, 2.75) is 32.7 Å². The van der Waals surface area contributed by atoms with Crippen molar-refractivity contribution in [2.24, 2.45) is 0 Å². The molecule has 1 atom stereocenters. The van der Waals surface area contributed by atoms with Crippen LogP contribution in [0.1, 0.15) is 46.6 Å². The average molecular weight is 767 g/mol. The molecule has 4 aromatic carbocycles. The van der Waals surface area contributed by atoms with Gasteiger partial charge in [-0.1, -0.05) is 6.07 Å². The number of phenols is 2. The van der Waals surface area contributed by atoms with Gasteiger partial charge in [-0.15, -0.1) is 0 Å². The highest BCUT2D eigenvalue weighted by atomic mass is 16.7. The molecule has 0 spiro atoms. The first-order chi connectivity index (χ1) is 27.6. The lowest BCUT2D eigenvalue weighted by molar-refractivity contribution is -0.0952. The minimum absolute atomic E-state index is 0.00982. The van der Waals surface area contributed by atoms with E-state index in [2.05, 4.69) is 0 Å². The number of aromatic hydroxyl groups is 2.